The molecule has 1 aromatic carbocycles. The number of carbonyl (C=O) groups excluding carboxylic acids is 1. The molecule has 0 heterocycles. The molecule has 6 heteroatoms. The van der Waals surface area contributed by atoms with Gasteiger partial charge in [-0.25, -0.2) is 8.78 Å². The van der Waals surface area contributed by atoms with Crippen molar-refractivity contribution in [1.82, 2.24) is 5.32 Å². The second-order valence-corrected chi connectivity index (χ2v) is 4.46. The summed E-state index contributed by atoms with van der Waals surface area (Å²) in [6, 6.07) is 6.16. The minimum atomic E-state index is -2.51. The van der Waals surface area contributed by atoms with E-state index in [1.54, 1.807) is 24.3 Å². The molecule has 4 nitrogen and oxygen atoms in total. The van der Waals surface area contributed by atoms with Crippen LogP contribution in [0.2, 0.25) is 0 Å². The quantitative estimate of drug-likeness (QED) is 0.769. The SMILES string of the molecule is CCCC(N)C(=O)NCc1cccc(OCC(F)F)c1. The van der Waals surface area contributed by atoms with E-state index in [9.17, 15) is 13.6 Å². The van der Waals surface area contributed by atoms with Crippen LogP contribution in [-0.2, 0) is 11.3 Å². The second kappa shape index (κ2) is 8.47. The first-order valence-electron chi connectivity index (χ1n) is 6.56. The highest BCUT2D eigenvalue weighted by Gasteiger charge is 2.11. The van der Waals surface area contributed by atoms with E-state index in [2.05, 4.69) is 5.32 Å². The maximum absolute atomic E-state index is 12.0. The van der Waals surface area contributed by atoms with E-state index < -0.39 is 19.1 Å². The standard InChI is InChI=1S/C14H20F2N2O2/c1-2-4-12(17)14(19)18-8-10-5-3-6-11(7-10)20-9-13(15)16/h3,5-7,12-13H,2,4,8-9,17H2,1H3,(H,18,19). The highest BCUT2D eigenvalue weighted by atomic mass is 19.3. The van der Waals surface area contributed by atoms with Gasteiger partial charge in [-0.05, 0) is 24.1 Å². The zero-order valence-corrected chi connectivity index (χ0v) is 11.4. The van der Waals surface area contributed by atoms with Crippen molar-refractivity contribution in [2.45, 2.75) is 38.8 Å². The Kier molecular flexibility index (Phi) is 6.93. The molecule has 0 fully saturated rings. The fraction of sp³-hybridized carbons (Fsp3) is 0.500. The molecule has 0 radical (unpaired) electrons. The van der Waals surface area contributed by atoms with E-state index in [-0.39, 0.29) is 5.91 Å². The molecule has 1 rings (SSSR count). The molecular weight excluding hydrogens is 266 g/mol. The molecule has 1 unspecified atom stereocenters. The average molecular weight is 286 g/mol. The van der Waals surface area contributed by atoms with Crippen molar-refractivity contribution >= 4 is 5.91 Å². The summed E-state index contributed by atoms with van der Waals surface area (Å²) < 4.78 is 29.0. The summed E-state index contributed by atoms with van der Waals surface area (Å²) in [5.41, 5.74) is 6.45. The van der Waals surface area contributed by atoms with Gasteiger partial charge in [0.1, 0.15) is 12.4 Å². The summed E-state index contributed by atoms with van der Waals surface area (Å²) in [5, 5.41) is 2.71. The number of alkyl halides is 2. The molecule has 3 N–H and O–H groups in total. The predicted octanol–water partition coefficient (Wildman–Crippen LogP) is 2.07. The lowest BCUT2D eigenvalue weighted by Gasteiger charge is -2.12. The number of halogens is 2. The fourth-order valence-corrected chi connectivity index (χ4v) is 1.67. The first-order chi connectivity index (χ1) is 9.52. The van der Waals surface area contributed by atoms with Gasteiger partial charge < -0.3 is 15.8 Å². The van der Waals surface area contributed by atoms with Crippen LogP contribution in [0.15, 0.2) is 24.3 Å². The van der Waals surface area contributed by atoms with Crippen molar-refractivity contribution in [3.63, 3.8) is 0 Å². The molecule has 0 aliphatic rings. The van der Waals surface area contributed by atoms with Crippen LogP contribution in [0.3, 0.4) is 0 Å². The lowest BCUT2D eigenvalue weighted by molar-refractivity contribution is -0.122. The van der Waals surface area contributed by atoms with Gasteiger partial charge >= 0.3 is 0 Å². The van der Waals surface area contributed by atoms with Crippen LogP contribution in [0.25, 0.3) is 0 Å². The lowest BCUT2D eigenvalue weighted by Crippen LogP contribution is -2.40. The molecule has 0 saturated carbocycles. The van der Waals surface area contributed by atoms with Crippen molar-refractivity contribution in [2.75, 3.05) is 6.61 Å². The Hall–Kier alpha value is -1.69. The highest BCUT2D eigenvalue weighted by Crippen LogP contribution is 2.14. The van der Waals surface area contributed by atoms with Gasteiger partial charge in [0, 0.05) is 6.54 Å². The minimum absolute atomic E-state index is 0.217. The van der Waals surface area contributed by atoms with E-state index in [1.165, 1.54) is 0 Å². The third kappa shape index (κ3) is 5.97. The van der Waals surface area contributed by atoms with Gasteiger partial charge in [0.2, 0.25) is 5.91 Å². The number of nitrogens with one attached hydrogen (secondary N) is 1. The molecule has 0 spiro atoms. The Morgan fingerprint density at radius 3 is 2.85 bits per heavy atom. The molecule has 1 atom stereocenters. The Balaban J connectivity index is 2.47. The Labute approximate surface area is 117 Å². The van der Waals surface area contributed by atoms with Gasteiger partial charge in [-0.1, -0.05) is 25.5 Å². The monoisotopic (exact) mass is 286 g/mol. The second-order valence-electron chi connectivity index (χ2n) is 4.46. The molecule has 1 amide bonds. The van der Waals surface area contributed by atoms with Crippen LogP contribution in [0.1, 0.15) is 25.3 Å². The number of amides is 1. The zero-order valence-electron chi connectivity index (χ0n) is 11.4. The van der Waals surface area contributed by atoms with E-state index in [0.717, 1.165) is 12.0 Å². The molecule has 0 aliphatic heterocycles. The van der Waals surface area contributed by atoms with Gasteiger partial charge in [0.25, 0.3) is 6.43 Å². The summed E-state index contributed by atoms with van der Waals surface area (Å²) in [6.45, 7) is 1.61. The Morgan fingerprint density at radius 1 is 1.45 bits per heavy atom. The molecule has 0 saturated heterocycles. The van der Waals surface area contributed by atoms with Gasteiger partial charge in [-0.2, -0.15) is 0 Å². The minimum Gasteiger partial charge on any atom is -0.488 e. The molecule has 1 aromatic rings. The molecule has 0 bridgehead atoms. The largest absolute Gasteiger partial charge is 0.488 e. The van der Waals surface area contributed by atoms with Crippen molar-refractivity contribution in [2.24, 2.45) is 5.73 Å². The predicted molar refractivity (Wildman–Crippen MR) is 72.7 cm³/mol. The highest BCUT2D eigenvalue weighted by molar-refractivity contribution is 5.81. The third-order valence-electron chi connectivity index (χ3n) is 2.68. The lowest BCUT2D eigenvalue weighted by atomic mass is 10.1. The smallest absolute Gasteiger partial charge is 0.272 e. The van der Waals surface area contributed by atoms with Gasteiger partial charge in [0.05, 0.1) is 6.04 Å². The van der Waals surface area contributed by atoms with Crippen LogP contribution in [0, 0.1) is 0 Å². The average Bonchev–Trinajstić information content (AvgIpc) is 2.43. The molecule has 20 heavy (non-hydrogen) atoms. The maximum atomic E-state index is 12.0. The number of carbonyl (C=O) groups is 1. The van der Waals surface area contributed by atoms with E-state index >= 15 is 0 Å². The molecule has 0 aromatic heterocycles. The molecular formula is C14H20F2N2O2. The normalized spacial score (nSPS) is 12.2. The fourth-order valence-electron chi connectivity index (χ4n) is 1.67. The summed E-state index contributed by atoms with van der Waals surface area (Å²) in [4.78, 5) is 11.6. The van der Waals surface area contributed by atoms with E-state index in [4.69, 9.17) is 10.5 Å². The van der Waals surface area contributed by atoms with Crippen LogP contribution in [0.4, 0.5) is 8.78 Å². The van der Waals surface area contributed by atoms with E-state index in [1.807, 2.05) is 6.92 Å². The Bertz CT molecular complexity index is 427. The van der Waals surface area contributed by atoms with Crippen molar-refractivity contribution in [3.05, 3.63) is 29.8 Å². The van der Waals surface area contributed by atoms with E-state index in [0.29, 0.717) is 18.7 Å². The van der Waals surface area contributed by atoms with Crippen molar-refractivity contribution < 1.29 is 18.3 Å². The number of hydrogen-bond acceptors (Lipinski definition) is 3. The van der Waals surface area contributed by atoms with Gasteiger partial charge in [0.15, 0.2) is 0 Å². The summed E-state index contributed by atoms with van der Waals surface area (Å²) >= 11 is 0. The third-order valence-corrected chi connectivity index (χ3v) is 2.68. The van der Waals surface area contributed by atoms with Crippen molar-refractivity contribution in [3.8, 4) is 5.75 Å². The summed E-state index contributed by atoms with van der Waals surface area (Å²) in [6.07, 6.45) is -1.04. The number of hydrogen-bond donors (Lipinski definition) is 2. The first kappa shape index (κ1) is 16.4. The Morgan fingerprint density at radius 2 is 2.20 bits per heavy atom. The van der Waals surface area contributed by atoms with Crippen LogP contribution in [0.5, 0.6) is 5.75 Å². The number of rotatable bonds is 8. The maximum Gasteiger partial charge on any atom is 0.272 e. The summed E-state index contributed by atoms with van der Waals surface area (Å²) in [7, 11) is 0. The number of ether oxygens (including phenoxy) is 1. The topological polar surface area (TPSA) is 64.4 Å². The summed E-state index contributed by atoms with van der Waals surface area (Å²) in [5.74, 6) is 0.139. The van der Waals surface area contributed by atoms with Crippen LogP contribution in [-0.4, -0.2) is 25.0 Å². The van der Waals surface area contributed by atoms with Crippen LogP contribution >= 0.6 is 0 Å². The van der Waals surface area contributed by atoms with Gasteiger partial charge in [-0.3, -0.25) is 4.79 Å². The molecule has 0 aliphatic carbocycles. The first-order valence-corrected chi connectivity index (χ1v) is 6.56. The van der Waals surface area contributed by atoms with Crippen molar-refractivity contribution in [1.29, 1.82) is 0 Å². The zero-order chi connectivity index (χ0) is 15.0. The number of benzene rings is 1. The number of nitrogens with two attached hydrogens (primary N) is 1. The van der Waals surface area contributed by atoms with Crippen LogP contribution < -0.4 is 15.8 Å². The molecule has 112 valence electrons. The van der Waals surface area contributed by atoms with Gasteiger partial charge in [-0.15, -0.1) is 0 Å².